The molecule has 2 atom stereocenters. The van der Waals surface area contributed by atoms with E-state index in [9.17, 15) is 15.0 Å². The number of rotatable bonds is 0. The molecule has 4 heteroatoms. The number of hydrogen-bond acceptors (Lipinski definition) is 4. The van der Waals surface area contributed by atoms with Crippen LogP contribution in [-0.2, 0) is 22.4 Å². The highest BCUT2D eigenvalue weighted by molar-refractivity contribution is 5.86. The lowest BCUT2D eigenvalue weighted by molar-refractivity contribution is -0.120. The van der Waals surface area contributed by atoms with Gasteiger partial charge in [0.05, 0.1) is 6.10 Å². The molecule has 0 spiro atoms. The van der Waals surface area contributed by atoms with Crippen LogP contribution in [0.4, 0.5) is 0 Å². The summed E-state index contributed by atoms with van der Waals surface area (Å²) in [7, 11) is 0. The molecule has 2 aliphatic rings. The van der Waals surface area contributed by atoms with Crippen LogP contribution in [0.5, 0.6) is 11.5 Å². The quantitative estimate of drug-likeness (QED) is 0.734. The van der Waals surface area contributed by atoms with Crippen molar-refractivity contribution in [3.63, 3.8) is 0 Å². The molecular weight excluding hydrogens is 292 g/mol. The largest absolute Gasteiger partial charge is 0.507 e. The van der Waals surface area contributed by atoms with Crippen LogP contribution in [0.1, 0.15) is 24.0 Å². The van der Waals surface area contributed by atoms with Crippen molar-refractivity contribution in [1.29, 1.82) is 0 Å². The van der Waals surface area contributed by atoms with E-state index in [-0.39, 0.29) is 29.5 Å². The van der Waals surface area contributed by atoms with E-state index in [1.54, 1.807) is 12.1 Å². The van der Waals surface area contributed by atoms with Gasteiger partial charge in [0.2, 0.25) is 0 Å². The van der Waals surface area contributed by atoms with Crippen LogP contribution in [0, 0.1) is 0 Å². The van der Waals surface area contributed by atoms with Crippen molar-refractivity contribution < 1.29 is 19.7 Å². The molecule has 4 nitrogen and oxygen atoms in total. The molecule has 0 saturated carbocycles. The summed E-state index contributed by atoms with van der Waals surface area (Å²) in [5.74, 6) is 0.430. The molecule has 118 valence electrons. The third-order valence-electron chi connectivity index (χ3n) is 4.69. The Morgan fingerprint density at radius 1 is 0.870 bits per heavy atom. The summed E-state index contributed by atoms with van der Waals surface area (Å²) >= 11 is 0. The van der Waals surface area contributed by atoms with Gasteiger partial charge < -0.3 is 14.9 Å². The Kier molecular flexibility index (Phi) is 3.34. The van der Waals surface area contributed by atoms with E-state index >= 15 is 0 Å². The predicted octanol–water partition coefficient (Wildman–Crippen LogP) is 2.98. The highest BCUT2D eigenvalue weighted by atomic mass is 16.6. The van der Waals surface area contributed by atoms with Crippen molar-refractivity contribution in [1.82, 2.24) is 0 Å². The maximum atomic E-state index is 12.1. The number of aromatic hydroxyl groups is 2. The van der Waals surface area contributed by atoms with E-state index in [1.807, 2.05) is 24.3 Å². The number of phenols is 2. The van der Waals surface area contributed by atoms with Gasteiger partial charge in [0, 0.05) is 17.5 Å². The number of fused-ring (bicyclic) bond motifs is 6. The number of aryl methyl sites for hydroxylation is 2. The van der Waals surface area contributed by atoms with Gasteiger partial charge in [-0.3, -0.25) is 4.79 Å². The second-order valence-corrected chi connectivity index (χ2v) is 6.30. The van der Waals surface area contributed by atoms with Gasteiger partial charge in [0.25, 0.3) is 0 Å². The number of Topliss-reactive ketones (excluding diaryl/α,β-unsaturated/α-hetero) is 1. The third kappa shape index (κ3) is 2.70. The van der Waals surface area contributed by atoms with Gasteiger partial charge in [0.15, 0.2) is 5.78 Å². The van der Waals surface area contributed by atoms with E-state index in [1.165, 1.54) is 0 Å². The Labute approximate surface area is 134 Å². The fraction of sp³-hybridized carbons (Fsp3) is 0.316. The SMILES string of the molecule is O=C1CCc2ccc(O)c(c2)-c2cc(ccc2O)CC[C@H]2O[C@H]12. The third-order valence-corrected chi connectivity index (χ3v) is 4.69. The fourth-order valence-electron chi connectivity index (χ4n) is 3.27. The first-order valence-electron chi connectivity index (χ1n) is 7.94. The van der Waals surface area contributed by atoms with Crippen molar-refractivity contribution in [3.8, 4) is 22.6 Å². The summed E-state index contributed by atoms with van der Waals surface area (Å²) in [6.07, 6.45) is 2.40. The summed E-state index contributed by atoms with van der Waals surface area (Å²) in [5.41, 5.74) is 3.26. The van der Waals surface area contributed by atoms with Crippen LogP contribution in [0.2, 0.25) is 0 Å². The maximum Gasteiger partial charge on any atom is 0.164 e. The molecule has 0 radical (unpaired) electrons. The molecule has 0 aromatic heterocycles. The van der Waals surface area contributed by atoms with Crippen LogP contribution in [0.25, 0.3) is 11.1 Å². The lowest BCUT2D eigenvalue weighted by Crippen LogP contribution is -2.11. The average molecular weight is 310 g/mol. The fourth-order valence-corrected chi connectivity index (χ4v) is 3.27. The number of ketones is 1. The van der Waals surface area contributed by atoms with Gasteiger partial charge in [-0.2, -0.15) is 0 Å². The Bertz CT molecular complexity index is 781. The monoisotopic (exact) mass is 310 g/mol. The first-order chi connectivity index (χ1) is 11.1. The Morgan fingerprint density at radius 2 is 1.48 bits per heavy atom. The molecule has 23 heavy (non-hydrogen) atoms. The van der Waals surface area contributed by atoms with Crippen molar-refractivity contribution in [2.45, 2.75) is 37.9 Å². The molecule has 0 amide bonds. The summed E-state index contributed by atoms with van der Waals surface area (Å²) in [4.78, 5) is 12.1. The summed E-state index contributed by atoms with van der Waals surface area (Å²) < 4.78 is 5.50. The average Bonchev–Trinajstić information content (AvgIpc) is 3.32. The Morgan fingerprint density at radius 3 is 2.13 bits per heavy atom. The second-order valence-electron chi connectivity index (χ2n) is 6.30. The highest BCUT2D eigenvalue weighted by Gasteiger charge is 2.43. The van der Waals surface area contributed by atoms with Crippen LogP contribution in [0.15, 0.2) is 36.4 Å². The van der Waals surface area contributed by atoms with E-state index in [4.69, 9.17) is 4.74 Å². The summed E-state index contributed by atoms with van der Waals surface area (Å²) in [6, 6.07) is 10.7. The van der Waals surface area contributed by atoms with Gasteiger partial charge in [-0.15, -0.1) is 0 Å². The zero-order valence-corrected chi connectivity index (χ0v) is 12.7. The van der Waals surface area contributed by atoms with Crippen molar-refractivity contribution in [2.24, 2.45) is 0 Å². The number of hydrogen-bond donors (Lipinski definition) is 2. The van der Waals surface area contributed by atoms with Crippen molar-refractivity contribution in [2.75, 3.05) is 0 Å². The van der Waals surface area contributed by atoms with Gasteiger partial charge in [-0.05, 0) is 54.7 Å². The molecule has 4 bridgehead atoms. The minimum absolute atomic E-state index is 0.0250. The van der Waals surface area contributed by atoms with Gasteiger partial charge in [-0.25, -0.2) is 0 Å². The number of ether oxygens (including phenoxy) is 1. The van der Waals surface area contributed by atoms with E-state index in [2.05, 4.69) is 0 Å². The lowest BCUT2D eigenvalue weighted by atomic mass is 9.96. The topological polar surface area (TPSA) is 70.1 Å². The number of benzene rings is 2. The summed E-state index contributed by atoms with van der Waals surface area (Å²) in [6.45, 7) is 0. The number of carbonyl (C=O) groups is 1. The van der Waals surface area contributed by atoms with Gasteiger partial charge in [-0.1, -0.05) is 12.1 Å². The first kappa shape index (κ1) is 14.3. The first-order valence-corrected chi connectivity index (χ1v) is 7.94. The zero-order valence-electron chi connectivity index (χ0n) is 12.7. The van der Waals surface area contributed by atoms with Crippen LogP contribution < -0.4 is 0 Å². The molecular formula is C19H18O4. The smallest absolute Gasteiger partial charge is 0.164 e. The molecule has 1 fully saturated rings. The molecule has 0 unspecified atom stereocenters. The Balaban J connectivity index is 1.80. The molecule has 4 rings (SSSR count). The van der Waals surface area contributed by atoms with Gasteiger partial charge >= 0.3 is 0 Å². The minimum Gasteiger partial charge on any atom is -0.507 e. The van der Waals surface area contributed by atoms with Crippen LogP contribution in [-0.4, -0.2) is 28.2 Å². The zero-order chi connectivity index (χ0) is 16.0. The predicted molar refractivity (Wildman–Crippen MR) is 85.5 cm³/mol. The molecule has 1 saturated heterocycles. The van der Waals surface area contributed by atoms with E-state index in [0.29, 0.717) is 24.0 Å². The molecule has 2 N–H and O–H groups in total. The molecule has 2 aromatic carbocycles. The van der Waals surface area contributed by atoms with Crippen molar-refractivity contribution >= 4 is 5.78 Å². The molecule has 2 aromatic rings. The minimum atomic E-state index is -0.246. The van der Waals surface area contributed by atoms with Crippen LogP contribution >= 0.6 is 0 Å². The number of epoxide rings is 1. The number of phenolic OH excluding ortho intramolecular Hbond substituents is 2. The molecule has 1 aliphatic heterocycles. The number of carbonyl (C=O) groups excluding carboxylic acids is 1. The maximum absolute atomic E-state index is 12.1. The highest BCUT2D eigenvalue weighted by Crippen LogP contribution is 2.38. The molecule has 1 heterocycles. The lowest BCUT2D eigenvalue weighted by Gasteiger charge is -2.11. The summed E-state index contributed by atoms with van der Waals surface area (Å²) in [5, 5.41) is 20.4. The normalized spacial score (nSPS) is 23.2. The van der Waals surface area contributed by atoms with E-state index in [0.717, 1.165) is 24.0 Å². The second kappa shape index (κ2) is 5.39. The van der Waals surface area contributed by atoms with Crippen molar-refractivity contribution in [3.05, 3.63) is 47.5 Å². The molecule has 1 aliphatic carbocycles. The van der Waals surface area contributed by atoms with Gasteiger partial charge in [0.1, 0.15) is 17.6 Å². The van der Waals surface area contributed by atoms with Crippen LogP contribution in [0.3, 0.4) is 0 Å². The van der Waals surface area contributed by atoms with E-state index < -0.39 is 0 Å². The Hall–Kier alpha value is -2.33. The standard InChI is InChI=1S/C19H18O4/c20-15-5-1-11-3-7-17(22)19-18(23-19)8-4-12-2-6-16(21)14(10-12)13(15)9-11/h1-2,5-6,9-10,18-21H,3-4,7-8H2/t18-,19-/m1/s1.